The first-order valence-electron chi connectivity index (χ1n) is 9.57. The zero-order chi connectivity index (χ0) is 19.5. The minimum atomic E-state index is -0.243. The highest BCUT2D eigenvalue weighted by Gasteiger charge is 2.28. The molecular weight excluding hydrogens is 355 g/mol. The Kier molecular flexibility index (Phi) is 5.30. The number of benzene rings is 1. The maximum absolute atomic E-state index is 13.3. The van der Waals surface area contributed by atoms with Crippen LogP contribution >= 0.6 is 0 Å². The maximum atomic E-state index is 13.3. The van der Waals surface area contributed by atoms with Gasteiger partial charge in [-0.3, -0.25) is 4.98 Å². The first-order chi connectivity index (χ1) is 13.6. The molecule has 144 valence electrons. The Labute approximate surface area is 164 Å². The highest BCUT2D eigenvalue weighted by atomic mass is 19.1. The average Bonchev–Trinajstić information content (AvgIpc) is 2.74. The Morgan fingerprint density at radius 2 is 1.93 bits per heavy atom. The molecule has 0 radical (unpaired) electrons. The Morgan fingerprint density at radius 3 is 2.64 bits per heavy atom. The highest BCUT2D eigenvalue weighted by Crippen LogP contribution is 2.29. The molecule has 0 aliphatic carbocycles. The van der Waals surface area contributed by atoms with Crippen LogP contribution < -0.4 is 4.90 Å². The van der Waals surface area contributed by atoms with Crippen LogP contribution in [0.3, 0.4) is 0 Å². The van der Waals surface area contributed by atoms with E-state index < -0.39 is 0 Å². The lowest BCUT2D eigenvalue weighted by Crippen LogP contribution is -2.43. The van der Waals surface area contributed by atoms with Crippen LogP contribution in [0.15, 0.2) is 54.7 Å². The summed E-state index contributed by atoms with van der Waals surface area (Å²) in [6.45, 7) is 5.51. The van der Waals surface area contributed by atoms with E-state index in [9.17, 15) is 4.39 Å². The summed E-state index contributed by atoms with van der Waals surface area (Å²) in [5.41, 5.74) is 2.70. The van der Waals surface area contributed by atoms with Crippen LogP contribution in [0.5, 0.6) is 0 Å². The number of aromatic nitrogens is 3. The number of nitrogens with zero attached hydrogens (tertiary/aromatic N) is 4. The zero-order valence-electron chi connectivity index (χ0n) is 16.0. The summed E-state index contributed by atoms with van der Waals surface area (Å²) in [6, 6.07) is 14.3. The number of halogens is 1. The second-order valence-corrected chi connectivity index (χ2v) is 7.00. The van der Waals surface area contributed by atoms with Gasteiger partial charge >= 0.3 is 0 Å². The van der Waals surface area contributed by atoms with Crippen molar-refractivity contribution in [1.82, 2.24) is 15.0 Å². The van der Waals surface area contributed by atoms with E-state index >= 15 is 0 Å². The summed E-state index contributed by atoms with van der Waals surface area (Å²) >= 11 is 0. The molecule has 0 saturated carbocycles. The lowest BCUT2D eigenvalue weighted by molar-refractivity contribution is -0.0176. The van der Waals surface area contributed by atoms with Gasteiger partial charge in [-0.05, 0) is 43.2 Å². The fourth-order valence-corrected chi connectivity index (χ4v) is 3.44. The molecule has 0 bridgehead atoms. The molecule has 0 spiro atoms. The fraction of sp³-hybridized carbons (Fsp3) is 0.318. The van der Waals surface area contributed by atoms with Crippen LogP contribution in [0, 0.1) is 5.82 Å². The van der Waals surface area contributed by atoms with Crippen molar-refractivity contribution in [3.05, 3.63) is 71.8 Å². The van der Waals surface area contributed by atoms with Gasteiger partial charge in [0.1, 0.15) is 23.4 Å². The molecule has 3 heterocycles. The third-order valence-electron chi connectivity index (χ3n) is 4.85. The molecule has 1 saturated heterocycles. The largest absolute Gasteiger partial charge is 0.367 e. The number of morpholine rings is 1. The van der Waals surface area contributed by atoms with Crippen LogP contribution in [0.25, 0.3) is 11.5 Å². The van der Waals surface area contributed by atoms with Crippen LogP contribution in [-0.2, 0) is 11.2 Å². The molecule has 5 nitrogen and oxygen atoms in total. The molecule has 2 unspecified atom stereocenters. The van der Waals surface area contributed by atoms with E-state index in [0.29, 0.717) is 12.4 Å². The molecule has 2 atom stereocenters. The third-order valence-corrected chi connectivity index (χ3v) is 4.85. The van der Waals surface area contributed by atoms with Crippen LogP contribution in [0.2, 0.25) is 0 Å². The lowest BCUT2D eigenvalue weighted by atomic mass is 10.1. The van der Waals surface area contributed by atoms with Crippen molar-refractivity contribution in [2.75, 3.05) is 18.0 Å². The number of hydrogen-bond donors (Lipinski definition) is 0. The van der Waals surface area contributed by atoms with Gasteiger partial charge in [-0.1, -0.05) is 25.1 Å². The van der Waals surface area contributed by atoms with Crippen molar-refractivity contribution in [2.45, 2.75) is 32.5 Å². The van der Waals surface area contributed by atoms with E-state index in [1.807, 2.05) is 31.2 Å². The predicted molar refractivity (Wildman–Crippen MR) is 107 cm³/mol. The van der Waals surface area contributed by atoms with E-state index in [2.05, 4.69) is 21.8 Å². The Bertz CT molecular complexity index is 933. The van der Waals surface area contributed by atoms with E-state index in [4.69, 9.17) is 9.72 Å². The van der Waals surface area contributed by atoms with Crippen LogP contribution in [0.4, 0.5) is 10.2 Å². The van der Waals surface area contributed by atoms with Crippen molar-refractivity contribution in [1.29, 1.82) is 0 Å². The van der Waals surface area contributed by atoms with E-state index in [0.717, 1.165) is 35.7 Å². The van der Waals surface area contributed by atoms with Crippen molar-refractivity contribution in [2.24, 2.45) is 0 Å². The lowest BCUT2D eigenvalue weighted by Gasteiger charge is -2.38. The fourth-order valence-electron chi connectivity index (χ4n) is 3.44. The van der Waals surface area contributed by atoms with Crippen molar-refractivity contribution >= 4 is 5.82 Å². The van der Waals surface area contributed by atoms with Gasteiger partial charge in [0.15, 0.2) is 5.82 Å². The monoisotopic (exact) mass is 378 g/mol. The van der Waals surface area contributed by atoms with Gasteiger partial charge in [0.05, 0.1) is 6.10 Å². The van der Waals surface area contributed by atoms with Gasteiger partial charge in [-0.2, -0.15) is 0 Å². The normalized spacial score (nSPS) is 19.6. The summed E-state index contributed by atoms with van der Waals surface area (Å²) in [5, 5.41) is 0. The Balaban J connectivity index is 1.66. The highest BCUT2D eigenvalue weighted by molar-refractivity contribution is 5.54. The van der Waals surface area contributed by atoms with Crippen LogP contribution in [-0.4, -0.2) is 34.1 Å². The van der Waals surface area contributed by atoms with Crippen molar-refractivity contribution in [3.8, 4) is 11.5 Å². The predicted octanol–water partition coefficient (Wildman–Crippen LogP) is 4.21. The Hall–Kier alpha value is -2.86. The molecule has 2 aromatic heterocycles. The molecule has 3 aromatic rings. The van der Waals surface area contributed by atoms with Gasteiger partial charge < -0.3 is 9.64 Å². The van der Waals surface area contributed by atoms with Crippen molar-refractivity contribution < 1.29 is 9.13 Å². The van der Waals surface area contributed by atoms with Gasteiger partial charge in [0, 0.05) is 31.0 Å². The molecule has 28 heavy (non-hydrogen) atoms. The average molecular weight is 378 g/mol. The standard InChI is InChI=1S/C22H23FN4O/c1-3-18-12-21(26-22(25-18)19-6-4-5-11-24-19)27-13-15(2)28-20(14-27)16-7-9-17(23)10-8-16/h4-12,15,20H,3,13-14H2,1-2H3. The second kappa shape index (κ2) is 8.02. The number of hydrogen-bond acceptors (Lipinski definition) is 5. The van der Waals surface area contributed by atoms with Gasteiger partial charge in [-0.15, -0.1) is 0 Å². The molecule has 1 aromatic carbocycles. The topological polar surface area (TPSA) is 51.1 Å². The van der Waals surface area contributed by atoms with Crippen molar-refractivity contribution in [3.63, 3.8) is 0 Å². The molecule has 1 aliphatic heterocycles. The first-order valence-corrected chi connectivity index (χ1v) is 9.57. The number of aryl methyl sites for hydroxylation is 1. The molecule has 1 fully saturated rings. The smallest absolute Gasteiger partial charge is 0.180 e. The third kappa shape index (κ3) is 4.02. The SMILES string of the molecule is CCc1cc(N2CC(C)OC(c3ccc(F)cc3)C2)nc(-c2ccccn2)n1. The summed E-state index contributed by atoms with van der Waals surface area (Å²) in [6.07, 6.45) is 2.46. The number of rotatable bonds is 4. The number of ether oxygens (including phenoxy) is 1. The first kappa shape index (κ1) is 18.5. The molecular formula is C22H23FN4O. The van der Waals surface area contributed by atoms with Gasteiger partial charge in [-0.25, -0.2) is 14.4 Å². The summed E-state index contributed by atoms with van der Waals surface area (Å²) < 4.78 is 19.4. The molecule has 0 amide bonds. The second-order valence-electron chi connectivity index (χ2n) is 7.00. The quantitative estimate of drug-likeness (QED) is 0.681. The molecule has 4 rings (SSSR count). The minimum absolute atomic E-state index is 0.0298. The molecule has 0 N–H and O–H groups in total. The summed E-state index contributed by atoms with van der Waals surface area (Å²) in [7, 11) is 0. The number of pyridine rings is 1. The van der Waals surface area contributed by atoms with Crippen LogP contribution in [0.1, 0.15) is 31.2 Å². The number of anilines is 1. The van der Waals surface area contributed by atoms with Gasteiger partial charge in [0.25, 0.3) is 0 Å². The van der Waals surface area contributed by atoms with Gasteiger partial charge in [0.2, 0.25) is 0 Å². The zero-order valence-corrected chi connectivity index (χ0v) is 16.0. The minimum Gasteiger partial charge on any atom is -0.367 e. The van der Waals surface area contributed by atoms with E-state index in [1.54, 1.807) is 18.3 Å². The van der Waals surface area contributed by atoms with E-state index in [-0.39, 0.29) is 18.0 Å². The summed E-state index contributed by atoms with van der Waals surface area (Å²) in [4.78, 5) is 16.0. The van der Waals surface area contributed by atoms with E-state index in [1.165, 1.54) is 12.1 Å². The molecule has 6 heteroatoms. The summed E-state index contributed by atoms with van der Waals surface area (Å²) in [5.74, 6) is 1.26. The maximum Gasteiger partial charge on any atom is 0.180 e. The molecule has 1 aliphatic rings. The Morgan fingerprint density at radius 1 is 1.11 bits per heavy atom.